The molecule has 6 nitrogen and oxygen atoms in total. The number of carbonyl (C=O) groups excluding carboxylic acids is 1. The van der Waals surface area contributed by atoms with E-state index in [0.717, 1.165) is 30.3 Å². The van der Waals surface area contributed by atoms with Crippen LogP contribution in [0.2, 0.25) is 0 Å². The average Bonchev–Trinajstić information content (AvgIpc) is 3.47. The Morgan fingerprint density at radius 2 is 1.93 bits per heavy atom. The van der Waals surface area contributed by atoms with Crippen molar-refractivity contribution in [3.63, 3.8) is 0 Å². The second-order valence-corrected chi connectivity index (χ2v) is 7.91. The van der Waals surface area contributed by atoms with Crippen LogP contribution < -0.4 is 10.6 Å². The van der Waals surface area contributed by atoms with Gasteiger partial charge in [-0.15, -0.1) is 24.0 Å². The van der Waals surface area contributed by atoms with Crippen molar-refractivity contribution >= 4 is 41.5 Å². The van der Waals surface area contributed by atoms with Crippen molar-refractivity contribution in [1.82, 2.24) is 10.2 Å². The Hall–Kier alpha value is -2.03. The predicted octanol–water partition coefficient (Wildman–Crippen LogP) is 4.49. The minimum Gasteiger partial charge on any atom is -0.459 e. The molecule has 29 heavy (non-hydrogen) atoms. The summed E-state index contributed by atoms with van der Waals surface area (Å²) >= 11 is 0. The predicted molar refractivity (Wildman–Crippen MR) is 126 cm³/mol. The normalized spacial score (nSPS) is 18.0. The number of rotatable bonds is 4. The highest BCUT2D eigenvalue weighted by Gasteiger charge is 2.41. The number of anilines is 1. The Morgan fingerprint density at radius 1 is 1.17 bits per heavy atom. The summed E-state index contributed by atoms with van der Waals surface area (Å²) in [4.78, 5) is 18.9. The van der Waals surface area contributed by atoms with Crippen LogP contribution in [0.3, 0.4) is 0 Å². The number of nitrogens with zero attached hydrogens (tertiary/aromatic N) is 2. The summed E-state index contributed by atoms with van der Waals surface area (Å²) in [6.07, 6.45) is 8.27. The lowest BCUT2D eigenvalue weighted by molar-refractivity contribution is 0.0996. The molecule has 1 aliphatic heterocycles. The fourth-order valence-corrected chi connectivity index (χ4v) is 4.47. The first kappa shape index (κ1) is 21.7. The van der Waals surface area contributed by atoms with Crippen LogP contribution in [-0.2, 0) is 6.54 Å². The molecule has 0 atom stereocenters. The van der Waals surface area contributed by atoms with Gasteiger partial charge >= 0.3 is 0 Å². The van der Waals surface area contributed by atoms with Crippen LogP contribution in [-0.4, -0.2) is 36.9 Å². The molecule has 156 valence electrons. The summed E-state index contributed by atoms with van der Waals surface area (Å²) in [5.41, 5.74) is 2.43. The second kappa shape index (κ2) is 9.65. The molecule has 0 unspecified atom stereocenters. The maximum Gasteiger partial charge on any atom is 0.291 e. The number of amides is 1. The highest BCUT2D eigenvalue weighted by Crippen LogP contribution is 2.45. The monoisotopic (exact) mass is 508 g/mol. The molecule has 1 spiro atoms. The number of benzene rings is 1. The van der Waals surface area contributed by atoms with Gasteiger partial charge in [0.2, 0.25) is 0 Å². The second-order valence-electron chi connectivity index (χ2n) is 7.91. The Balaban J connectivity index is 0.00000240. The van der Waals surface area contributed by atoms with Crippen LogP contribution in [0.25, 0.3) is 0 Å². The minimum absolute atomic E-state index is 0. The van der Waals surface area contributed by atoms with Gasteiger partial charge < -0.3 is 20.0 Å². The fourth-order valence-electron chi connectivity index (χ4n) is 4.47. The van der Waals surface area contributed by atoms with Gasteiger partial charge in [-0.05, 0) is 54.5 Å². The van der Waals surface area contributed by atoms with Crippen LogP contribution in [0.5, 0.6) is 0 Å². The van der Waals surface area contributed by atoms with Crippen LogP contribution in [0, 0.1) is 5.41 Å². The number of furan rings is 1. The Kier molecular flexibility index (Phi) is 7.21. The van der Waals surface area contributed by atoms with Gasteiger partial charge in [-0.2, -0.15) is 0 Å². The zero-order valence-electron chi connectivity index (χ0n) is 16.8. The Labute approximate surface area is 189 Å². The zero-order chi connectivity index (χ0) is 19.4. The number of halogens is 1. The van der Waals surface area contributed by atoms with Crippen LogP contribution in [0.15, 0.2) is 52.1 Å². The van der Waals surface area contributed by atoms with Crippen LogP contribution >= 0.6 is 24.0 Å². The van der Waals surface area contributed by atoms with Gasteiger partial charge in [0, 0.05) is 32.4 Å². The molecule has 4 rings (SSSR count). The van der Waals surface area contributed by atoms with Gasteiger partial charge in [0.25, 0.3) is 5.91 Å². The van der Waals surface area contributed by atoms with Gasteiger partial charge in [-0.25, -0.2) is 0 Å². The van der Waals surface area contributed by atoms with E-state index in [0.29, 0.717) is 17.7 Å². The third-order valence-electron chi connectivity index (χ3n) is 6.02. The highest BCUT2D eigenvalue weighted by molar-refractivity contribution is 14.0. The Morgan fingerprint density at radius 3 is 2.59 bits per heavy atom. The summed E-state index contributed by atoms with van der Waals surface area (Å²) in [5.74, 6) is 1.05. The number of likely N-dealkylation sites (tertiary alicyclic amines) is 1. The van der Waals surface area contributed by atoms with Gasteiger partial charge in [0.15, 0.2) is 11.7 Å². The summed E-state index contributed by atoms with van der Waals surface area (Å²) < 4.78 is 5.11. The molecule has 2 heterocycles. The van der Waals surface area contributed by atoms with Crippen molar-refractivity contribution in [1.29, 1.82) is 0 Å². The molecule has 0 bridgehead atoms. The fraction of sp³-hybridized carbons (Fsp3) is 0.455. The van der Waals surface area contributed by atoms with Gasteiger partial charge in [-0.1, -0.05) is 25.0 Å². The van der Waals surface area contributed by atoms with E-state index in [1.165, 1.54) is 38.4 Å². The van der Waals surface area contributed by atoms with Gasteiger partial charge in [0.1, 0.15) is 0 Å². The summed E-state index contributed by atoms with van der Waals surface area (Å²) in [6, 6.07) is 11.2. The number of hydrogen-bond donors (Lipinski definition) is 2. The van der Waals surface area contributed by atoms with Crippen molar-refractivity contribution in [3.8, 4) is 0 Å². The lowest BCUT2D eigenvalue weighted by Gasteiger charge is -2.26. The minimum atomic E-state index is -0.244. The third-order valence-corrected chi connectivity index (χ3v) is 6.02. The standard InChI is InChI=1S/C22H28N4O2.HI/c1-23-21(26-13-12-22(16-26)10-2-3-11-22)24-15-17-6-8-18(9-7-17)25-20(27)19-5-4-14-28-19;/h4-9,14H,2-3,10-13,15-16H2,1H3,(H,23,24)(H,25,27);1H. The molecule has 2 N–H and O–H groups in total. The van der Waals surface area contributed by atoms with E-state index in [-0.39, 0.29) is 29.9 Å². The molecule has 2 aliphatic rings. The van der Waals surface area contributed by atoms with Gasteiger partial charge in [-0.3, -0.25) is 9.79 Å². The maximum absolute atomic E-state index is 12.0. The summed E-state index contributed by atoms with van der Waals surface area (Å²) in [7, 11) is 1.86. The van der Waals surface area contributed by atoms with Crippen LogP contribution in [0.1, 0.15) is 48.2 Å². The van der Waals surface area contributed by atoms with Crippen molar-refractivity contribution in [2.75, 3.05) is 25.5 Å². The largest absolute Gasteiger partial charge is 0.459 e. The maximum atomic E-state index is 12.0. The molecule has 1 saturated carbocycles. The number of hydrogen-bond acceptors (Lipinski definition) is 3. The first-order chi connectivity index (χ1) is 13.7. The topological polar surface area (TPSA) is 69.9 Å². The van der Waals surface area contributed by atoms with E-state index in [1.807, 2.05) is 31.3 Å². The first-order valence-corrected chi connectivity index (χ1v) is 10.1. The lowest BCUT2D eigenvalue weighted by Crippen LogP contribution is -2.40. The Bertz CT molecular complexity index is 827. The van der Waals surface area contributed by atoms with Crippen molar-refractivity contribution in [3.05, 3.63) is 54.0 Å². The molecular weight excluding hydrogens is 479 g/mol. The third kappa shape index (κ3) is 5.12. The number of nitrogens with one attached hydrogen (secondary N) is 2. The molecule has 1 aromatic heterocycles. The highest BCUT2D eigenvalue weighted by atomic mass is 127. The van der Waals surface area contributed by atoms with E-state index in [4.69, 9.17) is 4.42 Å². The molecule has 1 saturated heterocycles. The van der Waals surface area contributed by atoms with Gasteiger partial charge in [0.05, 0.1) is 6.26 Å². The number of guanidine groups is 1. The smallest absolute Gasteiger partial charge is 0.291 e. The van der Waals surface area contributed by atoms with E-state index >= 15 is 0 Å². The molecule has 1 amide bonds. The summed E-state index contributed by atoms with van der Waals surface area (Å²) in [6.45, 7) is 2.93. The van der Waals surface area contributed by atoms with E-state index in [9.17, 15) is 4.79 Å². The van der Waals surface area contributed by atoms with E-state index in [2.05, 4.69) is 20.5 Å². The SMILES string of the molecule is CN=C(NCc1ccc(NC(=O)c2ccco2)cc1)N1CCC2(CCCC2)C1.I. The molecule has 1 aromatic carbocycles. The molecule has 7 heteroatoms. The molecule has 0 radical (unpaired) electrons. The van der Waals surface area contributed by atoms with E-state index in [1.54, 1.807) is 12.1 Å². The first-order valence-electron chi connectivity index (χ1n) is 10.1. The number of carbonyl (C=O) groups is 1. The van der Waals surface area contributed by atoms with Crippen molar-refractivity contribution in [2.24, 2.45) is 10.4 Å². The van der Waals surface area contributed by atoms with Crippen molar-refractivity contribution < 1.29 is 9.21 Å². The van der Waals surface area contributed by atoms with Crippen LogP contribution in [0.4, 0.5) is 5.69 Å². The summed E-state index contributed by atoms with van der Waals surface area (Å²) in [5, 5.41) is 6.33. The molecule has 2 aromatic rings. The van der Waals surface area contributed by atoms with Crippen molar-refractivity contribution in [2.45, 2.75) is 38.6 Å². The molecular formula is C22H29IN4O2. The number of aliphatic imine (C=N–C) groups is 1. The average molecular weight is 508 g/mol. The quantitative estimate of drug-likeness (QED) is 0.363. The zero-order valence-corrected chi connectivity index (χ0v) is 19.1. The lowest BCUT2D eigenvalue weighted by atomic mass is 9.86. The molecule has 2 fully saturated rings. The van der Waals surface area contributed by atoms with E-state index < -0.39 is 0 Å². The molecule has 1 aliphatic carbocycles.